The molecule has 5 nitrogen and oxygen atoms in total. The van der Waals surface area contributed by atoms with Crippen LogP contribution in [0.15, 0.2) is 61.1 Å². The van der Waals surface area contributed by atoms with Crippen molar-refractivity contribution in [1.82, 2.24) is 9.97 Å². The van der Waals surface area contributed by atoms with E-state index in [1.807, 2.05) is 0 Å². The van der Waals surface area contributed by atoms with Crippen LogP contribution in [0.3, 0.4) is 0 Å². The molecule has 3 rings (SSSR count). The summed E-state index contributed by atoms with van der Waals surface area (Å²) in [6, 6.07) is 7.62. The molecule has 2 aromatic carbocycles. The van der Waals surface area contributed by atoms with Crippen LogP contribution in [0.25, 0.3) is 11.4 Å². The molecule has 0 saturated heterocycles. The Labute approximate surface area is 181 Å². The van der Waals surface area contributed by atoms with Crippen molar-refractivity contribution in [2.45, 2.75) is 26.2 Å². The maximum Gasteiger partial charge on any atom is 0.343 e. The summed E-state index contributed by atoms with van der Waals surface area (Å²) in [5, 5.41) is 0. The first-order chi connectivity index (χ1) is 15.4. The van der Waals surface area contributed by atoms with Gasteiger partial charge in [-0.05, 0) is 24.1 Å². The van der Waals surface area contributed by atoms with Crippen LogP contribution in [-0.4, -0.2) is 22.4 Å². The molecule has 0 radical (unpaired) electrons. The molecule has 1 aromatic heterocycles. The highest BCUT2D eigenvalue weighted by Crippen LogP contribution is 2.28. The third-order valence-corrected chi connectivity index (χ3v) is 4.22. The Hall–Kier alpha value is -3.75. The van der Waals surface area contributed by atoms with Crippen LogP contribution >= 0.6 is 0 Å². The lowest BCUT2D eigenvalue weighted by atomic mass is 10.1. The first-order valence-corrected chi connectivity index (χ1v) is 9.61. The second-order valence-corrected chi connectivity index (χ2v) is 6.63. The smallest absolute Gasteiger partial charge is 0.343 e. The highest BCUT2D eigenvalue weighted by Gasteiger charge is 2.16. The molecule has 3 aromatic rings. The SMILES string of the molecule is CCCc1cnc(-c2ccc(C(=O)Oc3cc(F)c(OC=CC(F)F)c(F)c3)cc2)nc1. The number of alkyl halides is 2. The van der Waals surface area contributed by atoms with E-state index in [4.69, 9.17) is 4.74 Å². The molecule has 0 N–H and O–H groups in total. The van der Waals surface area contributed by atoms with E-state index in [0.29, 0.717) is 35.9 Å². The average molecular weight is 446 g/mol. The maximum atomic E-state index is 14.0. The Balaban J connectivity index is 1.69. The summed E-state index contributed by atoms with van der Waals surface area (Å²) >= 11 is 0. The molecule has 9 heteroatoms. The van der Waals surface area contributed by atoms with Crippen LogP contribution in [0.4, 0.5) is 17.6 Å². The highest BCUT2D eigenvalue weighted by molar-refractivity contribution is 5.91. The van der Waals surface area contributed by atoms with Gasteiger partial charge in [-0.2, -0.15) is 0 Å². The van der Waals surface area contributed by atoms with E-state index in [9.17, 15) is 22.4 Å². The molecule has 0 spiro atoms. The number of rotatable bonds is 8. The minimum atomic E-state index is -2.83. The van der Waals surface area contributed by atoms with E-state index in [2.05, 4.69) is 21.6 Å². The average Bonchev–Trinajstić information content (AvgIpc) is 2.76. The van der Waals surface area contributed by atoms with Crippen LogP contribution in [0.1, 0.15) is 29.3 Å². The standard InChI is InChI=1S/C23H18F4N2O3/c1-2-3-14-12-28-22(29-13-14)15-4-6-16(7-5-15)23(30)32-17-10-18(24)21(19(25)11-17)31-9-8-20(26)27/h4-13,20H,2-3H2,1H3. The first-order valence-electron chi connectivity index (χ1n) is 9.61. The lowest BCUT2D eigenvalue weighted by molar-refractivity contribution is 0.0733. The van der Waals surface area contributed by atoms with Gasteiger partial charge in [0.2, 0.25) is 0 Å². The molecular formula is C23H18F4N2O3. The molecule has 0 saturated carbocycles. The third-order valence-electron chi connectivity index (χ3n) is 4.22. The number of aromatic nitrogens is 2. The van der Waals surface area contributed by atoms with E-state index in [0.717, 1.165) is 18.4 Å². The minimum absolute atomic E-state index is 0.136. The van der Waals surface area contributed by atoms with Gasteiger partial charge in [0.05, 0.1) is 11.8 Å². The van der Waals surface area contributed by atoms with E-state index in [-0.39, 0.29) is 5.56 Å². The first kappa shape index (κ1) is 22.9. The van der Waals surface area contributed by atoms with Gasteiger partial charge in [0.25, 0.3) is 6.43 Å². The largest absolute Gasteiger partial charge is 0.459 e. The van der Waals surface area contributed by atoms with Crippen molar-refractivity contribution >= 4 is 5.97 Å². The summed E-state index contributed by atoms with van der Waals surface area (Å²) in [4.78, 5) is 20.9. The van der Waals surface area contributed by atoms with Gasteiger partial charge in [0.1, 0.15) is 5.75 Å². The lowest BCUT2D eigenvalue weighted by Gasteiger charge is -2.08. The predicted octanol–water partition coefficient (Wildman–Crippen LogP) is 5.75. The Kier molecular flexibility index (Phi) is 7.54. The third kappa shape index (κ3) is 5.90. The fourth-order valence-electron chi connectivity index (χ4n) is 2.72. The van der Waals surface area contributed by atoms with E-state index in [1.165, 1.54) is 12.1 Å². The normalized spacial score (nSPS) is 11.2. The summed E-state index contributed by atoms with van der Waals surface area (Å²) in [6.07, 6.45) is 3.31. The lowest BCUT2D eigenvalue weighted by Crippen LogP contribution is -2.09. The van der Waals surface area contributed by atoms with Gasteiger partial charge in [-0.1, -0.05) is 25.5 Å². The number of esters is 1. The fraction of sp³-hybridized carbons (Fsp3) is 0.174. The Morgan fingerprint density at radius 2 is 1.69 bits per heavy atom. The van der Waals surface area contributed by atoms with Crippen molar-refractivity contribution in [1.29, 1.82) is 0 Å². The molecule has 1 heterocycles. The van der Waals surface area contributed by atoms with Crippen molar-refractivity contribution < 1.29 is 31.8 Å². The number of hydrogen-bond donors (Lipinski definition) is 0. The van der Waals surface area contributed by atoms with Gasteiger partial charge in [-0.3, -0.25) is 0 Å². The summed E-state index contributed by atoms with van der Waals surface area (Å²) in [5.41, 5.74) is 1.84. The van der Waals surface area contributed by atoms with Gasteiger partial charge in [0, 0.05) is 36.2 Å². The zero-order chi connectivity index (χ0) is 23.1. The van der Waals surface area contributed by atoms with Gasteiger partial charge in [-0.15, -0.1) is 0 Å². The summed E-state index contributed by atoms with van der Waals surface area (Å²) in [6.45, 7) is 2.06. The van der Waals surface area contributed by atoms with Crippen molar-refractivity contribution in [3.05, 3.63) is 83.9 Å². The Morgan fingerprint density at radius 3 is 2.25 bits per heavy atom. The van der Waals surface area contributed by atoms with Crippen LogP contribution in [-0.2, 0) is 6.42 Å². The number of aryl methyl sites for hydroxylation is 1. The summed E-state index contributed by atoms with van der Waals surface area (Å²) in [5.74, 6) is -4.09. The molecular weight excluding hydrogens is 428 g/mol. The molecule has 0 fully saturated rings. The topological polar surface area (TPSA) is 61.3 Å². The number of carbonyl (C=O) groups excluding carboxylic acids is 1. The summed E-state index contributed by atoms with van der Waals surface area (Å²) in [7, 11) is 0. The minimum Gasteiger partial charge on any atom is -0.459 e. The van der Waals surface area contributed by atoms with Gasteiger partial charge in [0.15, 0.2) is 23.2 Å². The maximum absolute atomic E-state index is 14.0. The van der Waals surface area contributed by atoms with Gasteiger partial charge >= 0.3 is 5.97 Å². The van der Waals surface area contributed by atoms with Crippen molar-refractivity contribution in [2.75, 3.05) is 0 Å². The van der Waals surface area contributed by atoms with E-state index >= 15 is 0 Å². The molecule has 0 aliphatic rings. The molecule has 0 bridgehead atoms. The number of hydrogen-bond acceptors (Lipinski definition) is 5. The van der Waals surface area contributed by atoms with E-state index in [1.54, 1.807) is 24.5 Å². The number of nitrogens with zero attached hydrogens (tertiary/aromatic N) is 2. The number of carbonyl (C=O) groups is 1. The molecule has 0 atom stereocenters. The van der Waals surface area contributed by atoms with Crippen molar-refractivity contribution in [3.8, 4) is 22.9 Å². The highest BCUT2D eigenvalue weighted by atomic mass is 19.3. The van der Waals surface area contributed by atoms with Crippen molar-refractivity contribution in [3.63, 3.8) is 0 Å². The number of ether oxygens (including phenoxy) is 2. The zero-order valence-electron chi connectivity index (χ0n) is 16.9. The van der Waals surface area contributed by atoms with Crippen molar-refractivity contribution in [2.24, 2.45) is 0 Å². The Morgan fingerprint density at radius 1 is 1.06 bits per heavy atom. The number of benzene rings is 2. The number of halogens is 4. The van der Waals surface area contributed by atoms with E-state index < -0.39 is 35.5 Å². The van der Waals surface area contributed by atoms with Crippen LogP contribution < -0.4 is 9.47 Å². The molecule has 0 unspecified atom stereocenters. The molecule has 32 heavy (non-hydrogen) atoms. The quantitative estimate of drug-likeness (QED) is 0.191. The second kappa shape index (κ2) is 10.5. The second-order valence-electron chi connectivity index (χ2n) is 6.63. The van der Waals surface area contributed by atoms with Crippen LogP contribution in [0, 0.1) is 11.6 Å². The van der Waals surface area contributed by atoms with Crippen LogP contribution in [0.2, 0.25) is 0 Å². The fourth-order valence-corrected chi connectivity index (χ4v) is 2.72. The molecule has 0 aliphatic heterocycles. The monoisotopic (exact) mass is 446 g/mol. The molecule has 0 aliphatic carbocycles. The molecule has 0 amide bonds. The Bertz CT molecular complexity index is 1080. The molecule has 166 valence electrons. The van der Waals surface area contributed by atoms with Gasteiger partial charge < -0.3 is 9.47 Å². The number of allylic oxidation sites excluding steroid dienone is 1. The predicted molar refractivity (Wildman–Crippen MR) is 109 cm³/mol. The van der Waals surface area contributed by atoms with Gasteiger partial charge in [-0.25, -0.2) is 32.3 Å². The summed E-state index contributed by atoms with van der Waals surface area (Å²) < 4.78 is 61.7. The zero-order valence-corrected chi connectivity index (χ0v) is 16.9. The van der Waals surface area contributed by atoms with Crippen LogP contribution in [0.5, 0.6) is 11.5 Å².